The van der Waals surface area contributed by atoms with E-state index in [4.69, 9.17) is 4.74 Å². The van der Waals surface area contributed by atoms with E-state index in [1.54, 1.807) is 0 Å². The Balaban J connectivity index is 3.57. The number of aliphatic hydroxyl groups is 1. The summed E-state index contributed by atoms with van der Waals surface area (Å²) in [6, 6.07) is 0. The number of nitrogens with zero attached hydrogens (tertiary/aromatic N) is 1. The van der Waals surface area contributed by atoms with Crippen LogP contribution in [0.3, 0.4) is 0 Å². The molecule has 0 rings (SSSR count). The molecule has 5 heteroatoms. The second-order valence-electron chi connectivity index (χ2n) is 10.5. The van der Waals surface area contributed by atoms with Gasteiger partial charge >= 0.3 is 0 Å². The van der Waals surface area contributed by atoms with Crippen LogP contribution in [-0.4, -0.2) is 68.4 Å². The second-order valence-corrected chi connectivity index (χ2v) is 12.5. The lowest BCUT2D eigenvalue weighted by Gasteiger charge is -2.25. The summed E-state index contributed by atoms with van der Waals surface area (Å²) in [7, 11) is 4.60. The number of ether oxygens (including phenoxy) is 1. The van der Waals surface area contributed by atoms with Crippen LogP contribution in [0.5, 0.6) is 0 Å². The highest BCUT2D eigenvalue weighted by molar-refractivity contribution is 7.44. The predicted octanol–water partition coefficient (Wildman–Crippen LogP) is 6.89. The Morgan fingerprint density at radius 3 is 1.65 bits per heavy atom. The molecule has 0 radical (unpaired) electrons. The molecule has 0 aliphatic heterocycles. The van der Waals surface area contributed by atoms with Crippen molar-refractivity contribution in [2.24, 2.45) is 0 Å². The van der Waals surface area contributed by atoms with Crippen LogP contribution in [-0.2, 0) is 9.30 Å². The topological polar surface area (TPSA) is 46.5 Å². The average Bonchev–Trinajstić information content (AvgIpc) is 2.71. The van der Waals surface area contributed by atoms with Gasteiger partial charge in [0.25, 0.3) is 0 Å². The van der Waals surface area contributed by atoms with Crippen molar-refractivity contribution in [1.29, 1.82) is 0 Å². The maximum absolute atomic E-state index is 12.3. The van der Waals surface area contributed by atoms with Gasteiger partial charge in [-0.15, -0.1) is 0 Å². The summed E-state index contributed by atoms with van der Waals surface area (Å²) in [5.41, 5.74) is 0. The summed E-state index contributed by atoms with van der Waals surface area (Å²) in [6.07, 6.45) is 20.1. The number of hydrogen-bond acceptors (Lipinski definition) is 3. The Labute approximate surface area is 195 Å². The largest absolute Gasteiger partial charge is 0.390 e. The molecular formula is C26H57NO3P+. The summed E-state index contributed by atoms with van der Waals surface area (Å²) >= 11 is 0. The summed E-state index contributed by atoms with van der Waals surface area (Å²) in [4.78, 5) is 0. The average molecular weight is 463 g/mol. The molecule has 0 saturated carbocycles. The van der Waals surface area contributed by atoms with Gasteiger partial charge in [-0.2, -0.15) is 0 Å². The van der Waals surface area contributed by atoms with Gasteiger partial charge in [-0.3, -0.25) is 0 Å². The lowest BCUT2D eigenvalue weighted by molar-refractivity contribution is -0.867. The van der Waals surface area contributed by atoms with Crippen LogP contribution in [0.4, 0.5) is 0 Å². The Morgan fingerprint density at radius 1 is 0.774 bits per heavy atom. The van der Waals surface area contributed by atoms with Gasteiger partial charge in [-0.25, -0.2) is 0 Å². The molecule has 0 saturated heterocycles. The summed E-state index contributed by atoms with van der Waals surface area (Å²) in [5, 5.41) is 10.4. The minimum Gasteiger partial charge on any atom is -0.390 e. The first-order valence-corrected chi connectivity index (χ1v) is 15.2. The van der Waals surface area contributed by atoms with Crippen molar-refractivity contribution in [3.8, 4) is 0 Å². The van der Waals surface area contributed by atoms with Crippen LogP contribution in [0.1, 0.15) is 110 Å². The first kappa shape index (κ1) is 31.1. The highest BCUT2D eigenvalue weighted by Crippen LogP contribution is 2.24. The standard InChI is InChI=1S/C26H57NO3P/c1-6-8-9-10-11-12-13-14-15-16-17-18-19-20-22-30-26(7-2)25(28)24-31(29)23-21-27(3,4)5/h25-26,28,31H,6-24H2,1-5H3/q+1/t25-,26+/m1/s1. The fraction of sp³-hybridized carbons (Fsp3) is 1.00. The second kappa shape index (κ2) is 20.7. The lowest BCUT2D eigenvalue weighted by Crippen LogP contribution is -2.37. The Morgan fingerprint density at radius 2 is 1.23 bits per heavy atom. The fourth-order valence-corrected chi connectivity index (χ4v) is 5.81. The number of unbranched alkanes of at least 4 members (excludes halogenated alkanes) is 13. The molecule has 4 nitrogen and oxygen atoms in total. The molecule has 0 fully saturated rings. The molecule has 0 heterocycles. The number of quaternary nitrogens is 1. The van der Waals surface area contributed by atoms with E-state index < -0.39 is 13.9 Å². The zero-order chi connectivity index (χ0) is 23.4. The molecule has 0 spiro atoms. The molecule has 31 heavy (non-hydrogen) atoms. The van der Waals surface area contributed by atoms with Crippen molar-refractivity contribution in [3.63, 3.8) is 0 Å². The van der Waals surface area contributed by atoms with Crippen LogP contribution < -0.4 is 0 Å². The zero-order valence-corrected chi connectivity index (χ0v) is 22.8. The van der Waals surface area contributed by atoms with E-state index in [1.807, 2.05) is 6.92 Å². The van der Waals surface area contributed by atoms with Gasteiger partial charge in [0.1, 0.15) is 0 Å². The van der Waals surface area contributed by atoms with Crippen molar-refractivity contribution in [1.82, 2.24) is 0 Å². The molecule has 0 aromatic carbocycles. The molecule has 1 N–H and O–H groups in total. The molecule has 188 valence electrons. The van der Waals surface area contributed by atoms with Gasteiger partial charge in [-0.05, 0) is 12.8 Å². The molecule has 1 unspecified atom stereocenters. The Hall–Kier alpha value is 0.110. The first-order chi connectivity index (χ1) is 14.8. The molecule has 0 bridgehead atoms. The van der Waals surface area contributed by atoms with E-state index >= 15 is 0 Å². The van der Waals surface area contributed by atoms with Crippen molar-refractivity contribution < 1.29 is 18.9 Å². The monoisotopic (exact) mass is 462 g/mol. The highest BCUT2D eigenvalue weighted by Gasteiger charge is 2.21. The molecular weight excluding hydrogens is 405 g/mol. The molecule has 0 aliphatic carbocycles. The van der Waals surface area contributed by atoms with Crippen molar-refractivity contribution in [3.05, 3.63) is 0 Å². The normalized spacial score (nSPS) is 15.2. The maximum Gasteiger partial charge on any atom is 0.0867 e. The quantitative estimate of drug-likeness (QED) is 0.102. The van der Waals surface area contributed by atoms with Crippen molar-refractivity contribution in [2.45, 2.75) is 122 Å². The highest BCUT2D eigenvalue weighted by atomic mass is 31.1. The molecule has 0 aromatic rings. The van der Waals surface area contributed by atoms with Crippen molar-refractivity contribution >= 4 is 7.80 Å². The Bertz CT molecular complexity index is 412. The third kappa shape index (κ3) is 21.7. The summed E-state index contributed by atoms with van der Waals surface area (Å²) < 4.78 is 19.0. The Kier molecular flexibility index (Phi) is 20.8. The minimum absolute atomic E-state index is 0.167. The lowest BCUT2D eigenvalue weighted by atomic mass is 10.0. The molecule has 0 aliphatic rings. The van der Waals surface area contributed by atoms with Crippen molar-refractivity contribution in [2.75, 3.05) is 46.6 Å². The fourth-order valence-electron chi connectivity index (χ4n) is 3.96. The van der Waals surface area contributed by atoms with Gasteiger partial charge in [0, 0.05) is 18.9 Å². The van der Waals surface area contributed by atoms with Gasteiger partial charge in [0.2, 0.25) is 0 Å². The number of rotatable bonds is 23. The summed E-state index contributed by atoms with van der Waals surface area (Å²) in [6.45, 7) is 5.93. The van der Waals surface area contributed by atoms with Crippen LogP contribution in [0.2, 0.25) is 0 Å². The number of hydrogen-bond donors (Lipinski definition) is 1. The summed E-state index contributed by atoms with van der Waals surface area (Å²) in [5.74, 6) is 0. The van der Waals surface area contributed by atoms with E-state index in [2.05, 4.69) is 28.1 Å². The smallest absolute Gasteiger partial charge is 0.0867 e. The van der Waals surface area contributed by atoms with Crippen LogP contribution in [0.25, 0.3) is 0 Å². The third-order valence-electron chi connectivity index (χ3n) is 6.16. The predicted molar refractivity (Wildman–Crippen MR) is 138 cm³/mol. The van der Waals surface area contributed by atoms with Gasteiger partial charge in [0.15, 0.2) is 0 Å². The van der Waals surface area contributed by atoms with E-state index in [0.29, 0.717) is 18.9 Å². The molecule has 0 amide bonds. The van der Waals surface area contributed by atoms with Gasteiger partial charge in [0.05, 0.1) is 47.7 Å². The van der Waals surface area contributed by atoms with Gasteiger partial charge < -0.3 is 18.9 Å². The SMILES string of the molecule is CCCCCCCCCCCCCCCCO[C@@H](CC)[C@H](O)C[PH](=O)CC[N+](C)(C)C. The molecule has 0 aromatic heterocycles. The zero-order valence-electron chi connectivity index (χ0n) is 21.8. The van der Waals surface area contributed by atoms with E-state index in [9.17, 15) is 9.67 Å². The molecule has 3 atom stereocenters. The maximum atomic E-state index is 12.3. The van der Waals surface area contributed by atoms with E-state index in [0.717, 1.165) is 23.9 Å². The van der Waals surface area contributed by atoms with Gasteiger partial charge in [-0.1, -0.05) is 97.3 Å². The third-order valence-corrected chi connectivity index (χ3v) is 7.81. The minimum atomic E-state index is -1.73. The number of aliphatic hydroxyl groups excluding tert-OH is 1. The first-order valence-electron chi connectivity index (χ1n) is 13.4. The van der Waals surface area contributed by atoms with Crippen LogP contribution >= 0.6 is 7.80 Å². The van der Waals surface area contributed by atoms with Crippen LogP contribution in [0.15, 0.2) is 0 Å². The van der Waals surface area contributed by atoms with E-state index in [1.165, 1.54) is 83.5 Å². The van der Waals surface area contributed by atoms with Crippen LogP contribution in [0, 0.1) is 0 Å². The van der Waals surface area contributed by atoms with E-state index in [-0.39, 0.29) is 6.10 Å².